The fourth-order valence-corrected chi connectivity index (χ4v) is 20.1. The van der Waals surface area contributed by atoms with Crippen molar-refractivity contribution < 1.29 is 9.47 Å². The molecule has 0 spiro atoms. The molecule has 0 saturated carbocycles. The number of nitrogens with zero attached hydrogens (tertiary/aromatic N) is 8. The van der Waals surface area contributed by atoms with Crippen molar-refractivity contribution in [2.75, 3.05) is 14.2 Å². The van der Waals surface area contributed by atoms with Crippen molar-refractivity contribution in [1.29, 1.82) is 0 Å². The maximum absolute atomic E-state index is 5.47. The van der Waals surface area contributed by atoms with E-state index in [4.69, 9.17) is 14.5 Å². The average molecular weight is 1960 g/mol. The minimum absolute atomic E-state index is 0.384. The van der Waals surface area contributed by atoms with E-state index in [1.165, 1.54) is 180 Å². The van der Waals surface area contributed by atoms with Gasteiger partial charge in [-0.3, -0.25) is 9.97 Å². The van der Waals surface area contributed by atoms with Gasteiger partial charge in [-0.05, 0) is 311 Å². The van der Waals surface area contributed by atoms with E-state index in [1.54, 1.807) is 14.2 Å². The van der Waals surface area contributed by atoms with Crippen molar-refractivity contribution in [2.24, 2.45) is 0 Å². The highest BCUT2D eigenvalue weighted by molar-refractivity contribution is 5.77. The summed E-state index contributed by atoms with van der Waals surface area (Å²) >= 11 is 0. The first-order valence-corrected chi connectivity index (χ1v) is 53.3. The lowest BCUT2D eigenvalue weighted by atomic mass is 9.88. The maximum Gasteiger partial charge on any atom is 0.119 e. The van der Waals surface area contributed by atoms with Crippen molar-refractivity contribution in [1.82, 2.24) is 37.4 Å². The van der Waals surface area contributed by atoms with Crippen LogP contribution in [0.3, 0.4) is 0 Å². The monoisotopic (exact) mass is 1960 g/mol. The van der Waals surface area contributed by atoms with Crippen molar-refractivity contribution in [3.8, 4) is 135 Å². The number of hydrogen-bond donors (Lipinski definition) is 0. The zero-order chi connectivity index (χ0) is 105. The van der Waals surface area contributed by atoms with E-state index in [1.807, 2.05) is 36.8 Å². The molecule has 0 aliphatic heterocycles. The van der Waals surface area contributed by atoms with Crippen LogP contribution in [0.5, 0.6) is 11.5 Å². The van der Waals surface area contributed by atoms with E-state index in [-0.39, 0.29) is 0 Å². The van der Waals surface area contributed by atoms with Gasteiger partial charge in [0.25, 0.3) is 0 Å². The van der Waals surface area contributed by atoms with Crippen LogP contribution < -0.4 is 9.47 Å². The van der Waals surface area contributed by atoms with Crippen LogP contribution in [0.25, 0.3) is 124 Å². The minimum Gasteiger partial charge on any atom is -0.497 e. The van der Waals surface area contributed by atoms with E-state index in [0.29, 0.717) is 59.2 Å². The molecule has 8 aromatic heterocycles. The van der Waals surface area contributed by atoms with Crippen molar-refractivity contribution in [3.05, 3.63) is 493 Å². The highest BCUT2D eigenvalue weighted by atomic mass is 16.5. The Labute approximate surface area is 888 Å². The molecule has 0 unspecified atom stereocenters. The summed E-state index contributed by atoms with van der Waals surface area (Å²) in [5.74, 6) is 6.07. The van der Waals surface area contributed by atoms with Gasteiger partial charge < -0.3 is 36.9 Å². The summed E-state index contributed by atoms with van der Waals surface area (Å²) in [6.45, 7) is 47.3. The molecule has 0 atom stereocenters. The molecule has 0 radical (unpaired) electrons. The van der Waals surface area contributed by atoms with Crippen LogP contribution in [0.1, 0.15) is 259 Å². The molecule has 10 nitrogen and oxygen atoms in total. The van der Waals surface area contributed by atoms with Gasteiger partial charge in [0.15, 0.2) is 0 Å². The Morgan fingerprint density at radius 2 is 0.477 bits per heavy atom. The summed E-state index contributed by atoms with van der Waals surface area (Å²) in [7, 11) is 3.43. The molecular formula is C139H150N8O2. The number of rotatable bonds is 26. The third kappa shape index (κ3) is 25.4. The summed E-state index contributed by atoms with van der Waals surface area (Å²) in [5.41, 5.74) is 42.0. The first-order valence-electron chi connectivity index (χ1n) is 53.3. The van der Waals surface area contributed by atoms with Crippen molar-refractivity contribution in [3.63, 3.8) is 0 Å². The lowest BCUT2D eigenvalue weighted by Gasteiger charge is -2.24. The molecule has 0 saturated heterocycles. The number of benzene rings is 12. The number of aromatic nitrogens is 8. The molecule has 8 heterocycles. The Kier molecular flexibility index (Phi) is 36.5. The Bertz CT molecular complexity index is 7400. The minimum atomic E-state index is 0.384. The van der Waals surface area contributed by atoms with Gasteiger partial charge in [-0.1, -0.05) is 381 Å². The molecule has 10 heteroatoms. The quantitative estimate of drug-likeness (QED) is 0.0541. The SMILES string of the molecule is CC(C)c1ccccc1-n1cccc1-c1ccccc1.CC(C)c1ccnc(C(C)C)c1-n1cccc1-c1ccccc1.CC(C)c1cncc(C(C)C)c1-n1cccc1-c1ccccc1.COc1ccc(-c2cc(C(C)C)c(-n3cccc3-c3ccccc3)c(C(C)C)c2)cc1.COc1cccc(-c2cc(C(C)C)c(-n3cccc3-c3ccccc3)c(C(C)C)c2)c1.Cc1cccc(C(C)C)c1-n1cccc1-c1ccccc1. The Morgan fingerprint density at radius 3 is 0.819 bits per heavy atom. The molecule has 20 aromatic rings. The van der Waals surface area contributed by atoms with E-state index in [9.17, 15) is 0 Å². The van der Waals surface area contributed by atoms with E-state index in [2.05, 4.69) is 573 Å². The molecular weight excluding hydrogens is 1810 g/mol. The second kappa shape index (κ2) is 50.6. The van der Waals surface area contributed by atoms with Gasteiger partial charge in [0.1, 0.15) is 11.5 Å². The van der Waals surface area contributed by atoms with E-state index in [0.717, 1.165) is 17.2 Å². The lowest BCUT2D eigenvalue weighted by molar-refractivity contribution is 0.415. The zero-order valence-corrected chi connectivity index (χ0v) is 91.7. The molecule has 0 N–H and O–H groups in total. The van der Waals surface area contributed by atoms with E-state index < -0.39 is 0 Å². The predicted octanol–water partition coefficient (Wildman–Crippen LogP) is 38.5. The van der Waals surface area contributed by atoms with Crippen LogP contribution >= 0.6 is 0 Å². The lowest BCUT2D eigenvalue weighted by Crippen LogP contribution is -2.09. The standard InChI is InChI=1S/2C29H31NO.2C21H24N2.C20H21N.C19H19N/c1-20(2)26-18-24(23-13-9-14-25(17-23)31-5)19-27(21(3)4)29(26)30-16-10-15-28(30)22-11-7-6-8-12-22;1-20(2)26-18-24(22-13-15-25(31-5)16-14-22)19-27(21(3)4)29(26)30-17-9-12-28(30)23-10-7-6-8-11-23;1-15(2)18-12-13-22-20(16(3)4)21(18)23-14-8-11-19(23)17-9-6-5-7-10-17;1-15(2)18-13-22-14-19(16(3)4)21(18)23-12-8-11-20(23)17-9-6-5-7-10-17;1-15(2)18-12-7-9-16(3)20(18)21-14-8-13-19(21)17-10-5-4-6-11-17;1-15(2)17-11-6-7-12-19(17)20-14-8-13-18(20)16-9-4-3-5-10-16/h2*6-21H,1-5H3;2*5-16H,1-4H3;4-15H,1-3H3;3-15H,1-2H3. The third-order valence-electron chi connectivity index (χ3n) is 27.8. The van der Waals surface area contributed by atoms with Gasteiger partial charge in [-0.25, -0.2) is 0 Å². The smallest absolute Gasteiger partial charge is 0.119 e. The summed E-state index contributed by atoms with van der Waals surface area (Å²) in [6, 6.07) is 133. The molecule has 149 heavy (non-hydrogen) atoms. The highest BCUT2D eigenvalue weighted by Crippen LogP contribution is 2.45. The van der Waals surface area contributed by atoms with Crippen LogP contribution in [-0.2, 0) is 0 Å². The summed E-state index contributed by atoms with van der Waals surface area (Å²) < 4.78 is 24.8. The maximum atomic E-state index is 5.47. The molecule has 12 aromatic carbocycles. The van der Waals surface area contributed by atoms with Crippen molar-refractivity contribution in [2.45, 2.75) is 205 Å². The number of ether oxygens (including phenoxy) is 2. The fourth-order valence-electron chi connectivity index (χ4n) is 20.1. The molecule has 0 aliphatic rings. The highest BCUT2D eigenvalue weighted by Gasteiger charge is 2.27. The topological polar surface area (TPSA) is 73.8 Å². The number of pyridine rings is 2. The van der Waals surface area contributed by atoms with Crippen molar-refractivity contribution >= 4 is 0 Å². The van der Waals surface area contributed by atoms with E-state index >= 15 is 0 Å². The second-order valence-electron chi connectivity index (χ2n) is 41.7. The Hall–Kier alpha value is -15.8. The summed E-state index contributed by atoms with van der Waals surface area (Å²) in [6.07, 6.45) is 19.0. The number of para-hydroxylation sites is 2. The summed E-state index contributed by atoms with van der Waals surface area (Å²) in [5, 5.41) is 0. The Morgan fingerprint density at radius 1 is 0.195 bits per heavy atom. The first-order chi connectivity index (χ1) is 72.1. The average Bonchev–Trinajstić information content (AvgIpc) is 1.75. The largest absolute Gasteiger partial charge is 0.497 e. The van der Waals surface area contributed by atoms with Gasteiger partial charge in [-0.2, -0.15) is 0 Å². The van der Waals surface area contributed by atoms with Crippen LogP contribution in [0.15, 0.2) is 432 Å². The number of methoxy groups -OCH3 is 2. The van der Waals surface area contributed by atoms with Crippen LogP contribution in [-0.4, -0.2) is 51.6 Å². The fraction of sp³-hybridized carbons (Fsp3) is 0.237. The van der Waals surface area contributed by atoms with Gasteiger partial charge >= 0.3 is 0 Å². The zero-order valence-electron chi connectivity index (χ0n) is 91.7. The number of hydrogen-bond acceptors (Lipinski definition) is 4. The van der Waals surface area contributed by atoms with Crippen LogP contribution in [0.2, 0.25) is 0 Å². The first kappa shape index (κ1) is 107. The molecule has 20 rings (SSSR count). The van der Waals surface area contributed by atoms with Crippen LogP contribution in [0.4, 0.5) is 0 Å². The molecule has 0 fully saturated rings. The molecule has 0 amide bonds. The molecule has 0 aliphatic carbocycles. The summed E-state index contributed by atoms with van der Waals surface area (Å²) in [4.78, 5) is 9.18. The van der Waals surface area contributed by atoms with Crippen LogP contribution in [0, 0.1) is 6.92 Å². The normalized spacial score (nSPS) is 11.3. The van der Waals surface area contributed by atoms with Gasteiger partial charge in [0.2, 0.25) is 0 Å². The van der Waals surface area contributed by atoms with Gasteiger partial charge in [-0.15, -0.1) is 0 Å². The second-order valence-corrected chi connectivity index (χ2v) is 41.7. The number of aryl methyl sites for hydroxylation is 1. The van der Waals surface area contributed by atoms with Gasteiger partial charge in [0, 0.05) is 61.5 Å². The Balaban J connectivity index is 0.000000135. The van der Waals surface area contributed by atoms with Gasteiger partial charge in [0.05, 0.1) is 82.5 Å². The molecule has 758 valence electrons. The third-order valence-corrected chi connectivity index (χ3v) is 27.8. The predicted molar refractivity (Wildman–Crippen MR) is 632 cm³/mol. The molecule has 0 bridgehead atoms.